The van der Waals surface area contributed by atoms with E-state index >= 15 is 0 Å². The molecule has 0 saturated carbocycles. The van der Waals surface area contributed by atoms with Crippen molar-refractivity contribution < 1.29 is 0 Å². The third kappa shape index (κ3) is 4.37. The van der Waals surface area contributed by atoms with Crippen LogP contribution in [0.4, 0.5) is 0 Å². The molecule has 0 nitrogen and oxygen atoms in total. The van der Waals surface area contributed by atoms with Gasteiger partial charge in [-0.05, 0) is 81.2 Å². The molecule has 0 saturated heterocycles. The van der Waals surface area contributed by atoms with Crippen molar-refractivity contribution in [3.8, 4) is 0 Å². The van der Waals surface area contributed by atoms with Gasteiger partial charge in [0.05, 0.1) is 9.52 Å². The molecular weight excluding hydrogens is 316 g/mol. The fourth-order valence-corrected chi connectivity index (χ4v) is 6.76. The molecule has 0 amide bonds. The molecule has 1 heteroatoms. The Morgan fingerprint density at radius 2 is 1.40 bits per heavy atom. The molecule has 1 aliphatic carbocycles. The second-order valence-electron chi connectivity index (χ2n) is 8.04. The van der Waals surface area contributed by atoms with Crippen molar-refractivity contribution in [2.45, 2.75) is 87.0 Å². The SMILES string of the molecule is CCCCCC1C=CC([SiH2]c2c(C)c(C)c(C)c(C)c2C)=C1CCC. The smallest absolute Gasteiger partial charge is 0.0775 e. The van der Waals surface area contributed by atoms with Crippen molar-refractivity contribution in [3.05, 3.63) is 50.7 Å². The normalized spacial score (nSPS) is 17.5. The first kappa shape index (κ1) is 20.2. The average Bonchev–Trinajstić information content (AvgIpc) is 2.98. The minimum absolute atomic E-state index is 0.387. The van der Waals surface area contributed by atoms with E-state index in [1.807, 2.05) is 0 Å². The standard InChI is InChI=1S/C24H38Si/c1-8-10-11-13-21-14-15-23(22(21)12-9-2)25-24-19(6)17(4)16(3)18(5)20(24)7/h14-15,21H,8-13,25H2,1-7H3. The Morgan fingerprint density at radius 1 is 0.800 bits per heavy atom. The third-order valence-corrected chi connectivity index (χ3v) is 9.04. The van der Waals surface area contributed by atoms with Gasteiger partial charge >= 0.3 is 0 Å². The molecule has 0 aliphatic heterocycles. The van der Waals surface area contributed by atoms with Gasteiger partial charge in [0.2, 0.25) is 0 Å². The van der Waals surface area contributed by atoms with Crippen molar-refractivity contribution in [1.82, 2.24) is 0 Å². The summed E-state index contributed by atoms with van der Waals surface area (Å²) in [5.74, 6) is 0.738. The van der Waals surface area contributed by atoms with Gasteiger partial charge in [0, 0.05) is 0 Å². The summed E-state index contributed by atoms with van der Waals surface area (Å²) in [6.45, 7) is 16.3. The number of allylic oxidation sites excluding steroid dienone is 4. The molecule has 0 aromatic heterocycles. The van der Waals surface area contributed by atoms with Crippen LogP contribution in [0.15, 0.2) is 22.9 Å². The summed E-state index contributed by atoms with van der Waals surface area (Å²) in [6, 6.07) is 0. The fraction of sp³-hybridized carbons (Fsp3) is 0.583. The highest BCUT2D eigenvalue weighted by atomic mass is 28.2. The Hall–Kier alpha value is -1.08. The maximum atomic E-state index is 2.53. The van der Waals surface area contributed by atoms with Gasteiger partial charge in [-0.1, -0.05) is 67.6 Å². The van der Waals surface area contributed by atoms with Crippen molar-refractivity contribution >= 4 is 14.7 Å². The Bertz CT molecular complexity index is 647. The summed E-state index contributed by atoms with van der Waals surface area (Å²) >= 11 is 0. The third-order valence-electron chi connectivity index (χ3n) is 6.55. The van der Waals surface area contributed by atoms with Gasteiger partial charge in [-0.3, -0.25) is 0 Å². The number of hydrogen-bond donors (Lipinski definition) is 0. The van der Waals surface area contributed by atoms with Crippen LogP contribution < -0.4 is 5.19 Å². The molecule has 0 spiro atoms. The number of benzene rings is 1. The van der Waals surface area contributed by atoms with E-state index in [9.17, 15) is 0 Å². The molecule has 0 bridgehead atoms. The van der Waals surface area contributed by atoms with Crippen LogP contribution in [0.2, 0.25) is 0 Å². The van der Waals surface area contributed by atoms with Crippen LogP contribution >= 0.6 is 0 Å². The van der Waals surface area contributed by atoms with Crippen LogP contribution in [-0.2, 0) is 0 Å². The predicted molar refractivity (Wildman–Crippen MR) is 117 cm³/mol. The van der Waals surface area contributed by atoms with E-state index in [1.165, 1.54) is 55.2 Å². The summed E-state index contributed by atoms with van der Waals surface area (Å²) in [4.78, 5) is 0. The maximum Gasteiger partial charge on any atom is 0.0881 e. The quantitative estimate of drug-likeness (QED) is 0.406. The van der Waals surface area contributed by atoms with Crippen LogP contribution in [0, 0.1) is 40.5 Å². The molecule has 1 aromatic rings. The van der Waals surface area contributed by atoms with Crippen molar-refractivity contribution in [2.75, 3.05) is 0 Å². The molecule has 1 aliphatic rings. The van der Waals surface area contributed by atoms with E-state index in [2.05, 4.69) is 60.6 Å². The molecule has 0 N–H and O–H groups in total. The molecule has 1 unspecified atom stereocenters. The van der Waals surface area contributed by atoms with Gasteiger partial charge in [-0.15, -0.1) is 0 Å². The topological polar surface area (TPSA) is 0 Å². The van der Waals surface area contributed by atoms with E-state index in [4.69, 9.17) is 0 Å². The predicted octanol–water partition coefficient (Wildman–Crippen LogP) is 5.84. The van der Waals surface area contributed by atoms with E-state index in [0.717, 1.165) is 5.92 Å². The van der Waals surface area contributed by atoms with Crippen LogP contribution in [-0.4, -0.2) is 9.52 Å². The Morgan fingerprint density at radius 3 is 1.96 bits per heavy atom. The molecule has 138 valence electrons. The Labute approximate surface area is 158 Å². The fourth-order valence-electron chi connectivity index (χ4n) is 4.40. The molecule has 0 fully saturated rings. The number of unbranched alkanes of at least 4 members (excludes halogenated alkanes) is 2. The lowest BCUT2D eigenvalue weighted by Gasteiger charge is -2.20. The minimum atomic E-state index is -0.387. The van der Waals surface area contributed by atoms with Crippen LogP contribution in [0.3, 0.4) is 0 Å². The second-order valence-corrected chi connectivity index (χ2v) is 9.86. The van der Waals surface area contributed by atoms with Gasteiger partial charge in [0.15, 0.2) is 0 Å². The van der Waals surface area contributed by atoms with E-state index in [-0.39, 0.29) is 9.52 Å². The zero-order valence-corrected chi connectivity index (χ0v) is 19.1. The Balaban J connectivity index is 2.33. The van der Waals surface area contributed by atoms with Gasteiger partial charge in [-0.2, -0.15) is 0 Å². The highest BCUT2D eigenvalue weighted by molar-refractivity contribution is 6.63. The molecular formula is C24H38Si. The summed E-state index contributed by atoms with van der Waals surface area (Å²) in [5, 5.41) is 3.46. The molecule has 2 rings (SSSR count). The average molecular weight is 355 g/mol. The lowest BCUT2D eigenvalue weighted by atomic mass is 9.93. The van der Waals surface area contributed by atoms with E-state index in [1.54, 1.807) is 27.1 Å². The summed E-state index contributed by atoms with van der Waals surface area (Å²) in [5.41, 5.74) is 9.46. The van der Waals surface area contributed by atoms with Crippen molar-refractivity contribution in [1.29, 1.82) is 0 Å². The van der Waals surface area contributed by atoms with Crippen molar-refractivity contribution in [2.24, 2.45) is 5.92 Å². The second kappa shape index (κ2) is 9.03. The molecule has 0 radical (unpaired) electrons. The van der Waals surface area contributed by atoms with Gasteiger partial charge in [0.25, 0.3) is 0 Å². The zero-order chi connectivity index (χ0) is 18.6. The molecule has 25 heavy (non-hydrogen) atoms. The highest BCUT2D eigenvalue weighted by Gasteiger charge is 2.21. The van der Waals surface area contributed by atoms with Crippen LogP contribution in [0.5, 0.6) is 0 Å². The van der Waals surface area contributed by atoms with Gasteiger partial charge in [-0.25, -0.2) is 0 Å². The monoisotopic (exact) mass is 354 g/mol. The molecule has 0 heterocycles. The first-order valence-electron chi connectivity index (χ1n) is 10.4. The molecule has 1 atom stereocenters. The first-order chi connectivity index (χ1) is 11.9. The minimum Gasteiger partial charge on any atom is -0.0775 e. The van der Waals surface area contributed by atoms with E-state index in [0.29, 0.717) is 0 Å². The first-order valence-corrected chi connectivity index (χ1v) is 11.8. The lowest BCUT2D eigenvalue weighted by Crippen LogP contribution is -2.26. The molecule has 1 aromatic carbocycles. The number of hydrogen-bond acceptors (Lipinski definition) is 0. The van der Waals surface area contributed by atoms with Crippen molar-refractivity contribution in [3.63, 3.8) is 0 Å². The van der Waals surface area contributed by atoms with Gasteiger partial charge < -0.3 is 0 Å². The van der Waals surface area contributed by atoms with Gasteiger partial charge in [0.1, 0.15) is 0 Å². The highest BCUT2D eigenvalue weighted by Crippen LogP contribution is 2.33. The number of rotatable bonds is 8. The summed E-state index contributed by atoms with van der Waals surface area (Å²) in [7, 11) is -0.387. The lowest BCUT2D eigenvalue weighted by molar-refractivity contribution is 0.581. The largest absolute Gasteiger partial charge is 0.0881 e. The van der Waals surface area contributed by atoms with Crippen LogP contribution in [0.25, 0.3) is 0 Å². The maximum absolute atomic E-state index is 2.53. The van der Waals surface area contributed by atoms with Crippen LogP contribution in [0.1, 0.15) is 80.2 Å². The Kier molecular flexibility index (Phi) is 7.31. The zero-order valence-electron chi connectivity index (χ0n) is 17.7. The van der Waals surface area contributed by atoms with E-state index < -0.39 is 0 Å². The summed E-state index contributed by atoms with van der Waals surface area (Å²) in [6.07, 6.45) is 13.1. The summed E-state index contributed by atoms with van der Waals surface area (Å²) < 4.78 is 0.